The summed E-state index contributed by atoms with van der Waals surface area (Å²) in [5, 5.41) is 0. The Morgan fingerprint density at radius 1 is 1.05 bits per heavy atom. The van der Waals surface area contributed by atoms with Crippen molar-refractivity contribution in [2.24, 2.45) is 5.92 Å². The van der Waals surface area contributed by atoms with E-state index >= 15 is 0 Å². The minimum Gasteiger partial charge on any atom is -0.294 e. The van der Waals surface area contributed by atoms with E-state index in [1.807, 2.05) is 26.0 Å². The number of aryl methyl sites for hydroxylation is 1. The lowest BCUT2D eigenvalue weighted by molar-refractivity contribution is 0.0938. The largest absolute Gasteiger partial charge is 0.294 e. The fourth-order valence-electron chi connectivity index (χ4n) is 2.97. The molecule has 0 saturated heterocycles. The van der Waals surface area contributed by atoms with Gasteiger partial charge in [0.15, 0.2) is 5.78 Å². The van der Waals surface area contributed by atoms with Gasteiger partial charge < -0.3 is 0 Å². The Kier molecular flexibility index (Phi) is 6.67. The molecule has 1 aromatic rings. The van der Waals surface area contributed by atoms with Gasteiger partial charge >= 0.3 is 0 Å². The molecule has 0 aliphatic heterocycles. The van der Waals surface area contributed by atoms with Crippen LogP contribution in [0.4, 0.5) is 0 Å². The summed E-state index contributed by atoms with van der Waals surface area (Å²) < 4.78 is 0. The van der Waals surface area contributed by atoms with Crippen LogP contribution < -0.4 is 0 Å². The molecule has 0 aliphatic rings. The third-order valence-electron chi connectivity index (χ3n) is 4.98. The second-order valence-corrected chi connectivity index (χ2v) is 11.9. The van der Waals surface area contributed by atoms with Crippen LogP contribution in [0.2, 0.25) is 24.2 Å². The van der Waals surface area contributed by atoms with Crippen LogP contribution in [0.5, 0.6) is 0 Å². The van der Waals surface area contributed by atoms with Gasteiger partial charge in [-0.25, -0.2) is 0 Å². The maximum atomic E-state index is 12.3. The molecule has 0 heterocycles. The maximum Gasteiger partial charge on any atom is 0.165 e. The van der Waals surface area contributed by atoms with E-state index in [0.717, 1.165) is 12.0 Å². The Labute approximate surface area is 125 Å². The van der Waals surface area contributed by atoms with Crippen molar-refractivity contribution < 1.29 is 4.79 Å². The predicted molar refractivity (Wildman–Crippen MR) is 91.3 cm³/mol. The molecule has 0 fully saturated rings. The zero-order chi connectivity index (χ0) is 15.2. The van der Waals surface area contributed by atoms with Gasteiger partial charge in [-0.3, -0.25) is 4.79 Å². The molecule has 0 unspecified atom stereocenters. The van der Waals surface area contributed by atoms with Crippen molar-refractivity contribution in [1.82, 2.24) is 0 Å². The lowest BCUT2D eigenvalue weighted by Crippen LogP contribution is -2.31. The topological polar surface area (TPSA) is 17.1 Å². The highest BCUT2D eigenvalue weighted by molar-refractivity contribution is 6.79. The molecule has 0 bridgehead atoms. The normalized spacial score (nSPS) is 11.9. The molecule has 1 rings (SSSR count). The molecule has 0 aromatic heterocycles. The first-order valence-electron chi connectivity index (χ1n) is 8.11. The van der Waals surface area contributed by atoms with Crippen molar-refractivity contribution >= 4 is 13.9 Å². The fourth-order valence-corrected chi connectivity index (χ4v) is 6.33. The first-order chi connectivity index (χ1) is 9.49. The summed E-state index contributed by atoms with van der Waals surface area (Å²) in [5.74, 6) is 0.374. The SMILES string of the molecule is CC[Si](CC)(CC)CCc1ccccc1C(=O)C(C)C. The van der Waals surface area contributed by atoms with Crippen LogP contribution in [0.25, 0.3) is 0 Å². The summed E-state index contributed by atoms with van der Waals surface area (Å²) in [6.45, 7) is 11.0. The summed E-state index contributed by atoms with van der Waals surface area (Å²) in [6, 6.07) is 13.6. The molecule has 0 aliphatic carbocycles. The number of carbonyl (C=O) groups excluding carboxylic acids is 1. The Hall–Kier alpha value is -0.893. The molecule has 0 N–H and O–H groups in total. The lowest BCUT2D eigenvalue weighted by atomic mass is 9.95. The Morgan fingerprint density at radius 2 is 1.60 bits per heavy atom. The summed E-state index contributed by atoms with van der Waals surface area (Å²) in [4.78, 5) is 12.3. The quantitative estimate of drug-likeness (QED) is 0.451. The van der Waals surface area contributed by atoms with Gasteiger partial charge in [0.05, 0.1) is 8.07 Å². The van der Waals surface area contributed by atoms with E-state index in [0.29, 0.717) is 0 Å². The molecule has 112 valence electrons. The van der Waals surface area contributed by atoms with E-state index in [9.17, 15) is 4.79 Å². The van der Waals surface area contributed by atoms with E-state index < -0.39 is 8.07 Å². The number of rotatable bonds is 8. The minimum atomic E-state index is -1.10. The number of hydrogen-bond acceptors (Lipinski definition) is 1. The molecular weight excluding hydrogens is 260 g/mol. The van der Waals surface area contributed by atoms with Crippen molar-refractivity contribution in [1.29, 1.82) is 0 Å². The highest BCUT2D eigenvalue weighted by atomic mass is 28.3. The van der Waals surface area contributed by atoms with Gasteiger partial charge in [-0.1, -0.05) is 83.1 Å². The summed E-state index contributed by atoms with van der Waals surface area (Å²) in [7, 11) is -1.10. The molecule has 2 heteroatoms. The van der Waals surface area contributed by atoms with Crippen molar-refractivity contribution in [2.45, 2.75) is 65.2 Å². The fraction of sp³-hybridized carbons (Fsp3) is 0.611. The minimum absolute atomic E-state index is 0.0849. The second kappa shape index (κ2) is 7.77. The van der Waals surface area contributed by atoms with E-state index in [1.165, 1.54) is 29.7 Å². The van der Waals surface area contributed by atoms with Crippen LogP contribution in [-0.4, -0.2) is 13.9 Å². The molecule has 0 atom stereocenters. The number of Topliss-reactive ketones (excluding diaryl/α,β-unsaturated/α-hetero) is 1. The first kappa shape index (κ1) is 17.2. The Morgan fingerprint density at radius 3 is 2.10 bits per heavy atom. The van der Waals surface area contributed by atoms with E-state index in [1.54, 1.807) is 0 Å². The molecule has 0 spiro atoms. The highest BCUT2D eigenvalue weighted by Crippen LogP contribution is 2.28. The standard InChI is InChI=1S/C18H30OSi/c1-6-20(7-2,8-3)14-13-16-11-9-10-12-17(16)18(19)15(4)5/h9-12,15H,6-8,13-14H2,1-5H3. The van der Waals surface area contributed by atoms with Crippen LogP contribution >= 0.6 is 0 Å². The van der Waals surface area contributed by atoms with E-state index in [2.05, 4.69) is 32.9 Å². The third kappa shape index (κ3) is 4.05. The number of carbonyl (C=O) groups is 1. The summed E-state index contributed by atoms with van der Waals surface area (Å²) in [5.41, 5.74) is 2.21. The predicted octanol–water partition coefficient (Wildman–Crippen LogP) is 5.58. The van der Waals surface area contributed by atoms with Gasteiger partial charge in [-0.15, -0.1) is 0 Å². The van der Waals surface area contributed by atoms with Crippen LogP contribution in [0, 0.1) is 5.92 Å². The van der Waals surface area contributed by atoms with Crippen molar-refractivity contribution in [3.05, 3.63) is 35.4 Å². The molecule has 0 saturated carbocycles. The van der Waals surface area contributed by atoms with Crippen LogP contribution in [-0.2, 0) is 6.42 Å². The molecule has 20 heavy (non-hydrogen) atoms. The molecular formula is C18H30OSi. The van der Waals surface area contributed by atoms with Crippen molar-refractivity contribution in [3.8, 4) is 0 Å². The Bertz CT molecular complexity index is 425. The Balaban J connectivity index is 2.91. The molecule has 1 nitrogen and oxygen atoms in total. The third-order valence-corrected chi connectivity index (χ3v) is 10.8. The van der Waals surface area contributed by atoms with Crippen molar-refractivity contribution in [2.75, 3.05) is 0 Å². The van der Waals surface area contributed by atoms with Crippen LogP contribution in [0.15, 0.2) is 24.3 Å². The van der Waals surface area contributed by atoms with E-state index in [4.69, 9.17) is 0 Å². The van der Waals surface area contributed by atoms with Gasteiger partial charge in [0.25, 0.3) is 0 Å². The average Bonchev–Trinajstić information content (AvgIpc) is 2.49. The van der Waals surface area contributed by atoms with E-state index in [-0.39, 0.29) is 11.7 Å². The van der Waals surface area contributed by atoms with Gasteiger partial charge in [0.1, 0.15) is 0 Å². The monoisotopic (exact) mass is 290 g/mol. The van der Waals surface area contributed by atoms with Crippen molar-refractivity contribution in [3.63, 3.8) is 0 Å². The second-order valence-electron chi connectivity index (χ2n) is 6.24. The van der Waals surface area contributed by atoms with Crippen LogP contribution in [0.1, 0.15) is 50.5 Å². The van der Waals surface area contributed by atoms with Gasteiger partial charge in [0, 0.05) is 11.5 Å². The van der Waals surface area contributed by atoms with Gasteiger partial charge in [-0.05, 0) is 12.0 Å². The van der Waals surface area contributed by atoms with Gasteiger partial charge in [0.2, 0.25) is 0 Å². The van der Waals surface area contributed by atoms with Crippen LogP contribution in [0.3, 0.4) is 0 Å². The number of benzene rings is 1. The smallest absolute Gasteiger partial charge is 0.165 e. The first-order valence-corrected chi connectivity index (χ1v) is 10.9. The summed E-state index contributed by atoms with van der Waals surface area (Å²) >= 11 is 0. The molecule has 0 radical (unpaired) electrons. The summed E-state index contributed by atoms with van der Waals surface area (Å²) in [6.07, 6.45) is 1.08. The lowest BCUT2D eigenvalue weighted by Gasteiger charge is -2.28. The maximum absolute atomic E-state index is 12.3. The highest BCUT2D eigenvalue weighted by Gasteiger charge is 2.26. The number of hydrogen-bond donors (Lipinski definition) is 0. The number of ketones is 1. The van der Waals surface area contributed by atoms with Gasteiger partial charge in [-0.2, -0.15) is 0 Å². The molecule has 0 amide bonds. The molecule has 1 aromatic carbocycles. The zero-order valence-electron chi connectivity index (χ0n) is 13.8. The average molecular weight is 291 g/mol. The zero-order valence-corrected chi connectivity index (χ0v) is 14.8.